The summed E-state index contributed by atoms with van der Waals surface area (Å²) in [5.41, 5.74) is 2.09. The highest BCUT2D eigenvalue weighted by molar-refractivity contribution is 5.89. The van der Waals surface area contributed by atoms with Crippen LogP contribution >= 0.6 is 0 Å². The van der Waals surface area contributed by atoms with Crippen molar-refractivity contribution in [2.24, 2.45) is 0 Å². The molecule has 0 saturated heterocycles. The van der Waals surface area contributed by atoms with Crippen LogP contribution in [0, 0.1) is 13.5 Å². The molecule has 0 bridgehead atoms. The zero-order chi connectivity index (χ0) is 15.4. The lowest BCUT2D eigenvalue weighted by Gasteiger charge is -2.09. The smallest absolute Gasteiger partial charge is 0.360 e. The van der Waals surface area contributed by atoms with Crippen molar-refractivity contribution in [3.8, 4) is 11.4 Å². The summed E-state index contributed by atoms with van der Waals surface area (Å²) in [4.78, 5) is 25.0. The third-order valence-electron chi connectivity index (χ3n) is 2.92. The maximum Gasteiger partial charge on any atom is 0.360 e. The Hall–Kier alpha value is -2.81. The van der Waals surface area contributed by atoms with Gasteiger partial charge in [0.15, 0.2) is 17.2 Å². The molecule has 21 heavy (non-hydrogen) atoms. The van der Waals surface area contributed by atoms with Crippen molar-refractivity contribution < 1.29 is 14.4 Å². The number of aromatic nitrogens is 2. The van der Waals surface area contributed by atoms with Gasteiger partial charge in [0, 0.05) is 5.56 Å². The summed E-state index contributed by atoms with van der Waals surface area (Å²) in [6.07, 6.45) is 0. The molecule has 0 unspecified atom stereocenters. The number of carbonyl (C=O) groups is 1. The third-order valence-corrected chi connectivity index (χ3v) is 2.92. The van der Waals surface area contributed by atoms with Gasteiger partial charge in [-0.2, -0.15) is 4.73 Å². The molecule has 1 aromatic carbocycles. The molecule has 0 N–H and O–H groups in total. The Morgan fingerprint density at radius 3 is 2.57 bits per heavy atom. The van der Waals surface area contributed by atoms with Crippen LogP contribution in [0.2, 0.25) is 0 Å². The predicted octanol–water partition coefficient (Wildman–Crippen LogP) is 2.64. The number of esters is 1. The maximum atomic E-state index is 12.0. The number of rotatable bonds is 4. The number of hydrogen-bond donors (Lipinski definition) is 0. The minimum atomic E-state index is -0.478. The van der Waals surface area contributed by atoms with Crippen molar-refractivity contribution >= 4 is 11.7 Å². The van der Waals surface area contributed by atoms with Crippen LogP contribution in [-0.2, 0) is 4.74 Å². The van der Waals surface area contributed by atoms with Gasteiger partial charge < -0.3 is 9.57 Å². The number of benzene rings is 1. The van der Waals surface area contributed by atoms with Gasteiger partial charge >= 0.3 is 5.97 Å². The summed E-state index contributed by atoms with van der Waals surface area (Å²) >= 11 is 0. The summed E-state index contributed by atoms with van der Waals surface area (Å²) in [5, 5.41) is 0. The minimum Gasteiger partial charge on any atom is -0.461 e. The molecule has 6 nitrogen and oxygen atoms in total. The molecule has 0 atom stereocenters. The first-order valence-electron chi connectivity index (χ1n) is 6.41. The molecular formula is C15H15N3O3. The second-order valence-corrected chi connectivity index (χ2v) is 4.23. The lowest BCUT2D eigenvalue weighted by atomic mass is 10.2. The van der Waals surface area contributed by atoms with Gasteiger partial charge in [-0.05, 0) is 13.8 Å². The van der Waals surface area contributed by atoms with E-state index in [0.29, 0.717) is 17.2 Å². The molecule has 0 radical (unpaired) electrons. The molecule has 0 spiro atoms. The highest BCUT2D eigenvalue weighted by Crippen LogP contribution is 2.24. The summed E-state index contributed by atoms with van der Waals surface area (Å²) in [5.74, 6) is 0.0166. The highest BCUT2D eigenvalue weighted by atomic mass is 16.7. The van der Waals surface area contributed by atoms with Crippen LogP contribution in [0.1, 0.15) is 23.1 Å². The van der Waals surface area contributed by atoms with Crippen molar-refractivity contribution in [1.82, 2.24) is 9.71 Å². The standard InChI is InChI=1S/C15H15N3O3/c1-5-21-15(19)13-10(2)17-14(18(13)20-4)11-6-8-12(16-3)9-7-11/h6-9H,5H2,1-2,4H3. The van der Waals surface area contributed by atoms with E-state index < -0.39 is 5.97 Å². The molecular weight excluding hydrogens is 270 g/mol. The van der Waals surface area contributed by atoms with E-state index in [2.05, 4.69) is 9.83 Å². The van der Waals surface area contributed by atoms with Gasteiger partial charge in [-0.25, -0.2) is 14.6 Å². The summed E-state index contributed by atoms with van der Waals surface area (Å²) in [7, 11) is 1.46. The van der Waals surface area contributed by atoms with E-state index in [1.165, 1.54) is 11.8 Å². The summed E-state index contributed by atoms with van der Waals surface area (Å²) in [6, 6.07) is 6.91. The van der Waals surface area contributed by atoms with E-state index in [1.54, 1.807) is 38.1 Å². The maximum absolute atomic E-state index is 12.0. The van der Waals surface area contributed by atoms with Gasteiger partial charge in [-0.1, -0.05) is 24.3 Å². The number of hydrogen-bond acceptors (Lipinski definition) is 4. The highest BCUT2D eigenvalue weighted by Gasteiger charge is 2.23. The van der Waals surface area contributed by atoms with Gasteiger partial charge in [-0.3, -0.25) is 0 Å². The number of carbonyl (C=O) groups excluding carboxylic acids is 1. The van der Waals surface area contributed by atoms with E-state index in [-0.39, 0.29) is 12.3 Å². The first-order valence-corrected chi connectivity index (χ1v) is 6.41. The lowest BCUT2D eigenvalue weighted by molar-refractivity contribution is 0.0473. The minimum absolute atomic E-state index is 0.267. The third kappa shape index (κ3) is 2.72. The van der Waals surface area contributed by atoms with E-state index in [0.717, 1.165) is 5.56 Å². The van der Waals surface area contributed by atoms with Crippen molar-refractivity contribution in [1.29, 1.82) is 0 Å². The second-order valence-electron chi connectivity index (χ2n) is 4.23. The number of aryl methyl sites for hydroxylation is 1. The van der Waals surface area contributed by atoms with Crippen molar-refractivity contribution in [2.75, 3.05) is 13.7 Å². The van der Waals surface area contributed by atoms with Crippen LogP contribution < -0.4 is 4.84 Å². The quantitative estimate of drug-likeness (QED) is 0.640. The van der Waals surface area contributed by atoms with Crippen LogP contribution in [0.3, 0.4) is 0 Å². The van der Waals surface area contributed by atoms with Gasteiger partial charge in [-0.15, -0.1) is 0 Å². The normalized spacial score (nSPS) is 10.0. The first kappa shape index (κ1) is 14.6. The Kier molecular flexibility index (Phi) is 4.24. The topological polar surface area (TPSA) is 57.7 Å². The van der Waals surface area contributed by atoms with Gasteiger partial charge in [0.1, 0.15) is 7.11 Å². The van der Waals surface area contributed by atoms with Crippen LogP contribution in [0.15, 0.2) is 24.3 Å². The molecule has 1 aromatic heterocycles. The van der Waals surface area contributed by atoms with Crippen molar-refractivity contribution in [2.45, 2.75) is 13.8 Å². The fraction of sp³-hybridized carbons (Fsp3) is 0.267. The monoisotopic (exact) mass is 285 g/mol. The molecule has 0 aliphatic rings. The van der Waals surface area contributed by atoms with Gasteiger partial charge in [0.25, 0.3) is 0 Å². The Balaban J connectivity index is 2.52. The predicted molar refractivity (Wildman–Crippen MR) is 77.1 cm³/mol. The molecule has 2 aromatic rings. The van der Waals surface area contributed by atoms with E-state index in [4.69, 9.17) is 16.1 Å². The first-order chi connectivity index (χ1) is 10.1. The second kappa shape index (κ2) is 6.09. The average molecular weight is 285 g/mol. The Labute approximate surface area is 122 Å². The van der Waals surface area contributed by atoms with Crippen LogP contribution in [0.4, 0.5) is 5.69 Å². The molecule has 2 rings (SSSR count). The Bertz CT molecular complexity index is 696. The van der Waals surface area contributed by atoms with Crippen LogP contribution in [0.25, 0.3) is 16.2 Å². The molecule has 0 amide bonds. The average Bonchev–Trinajstić information content (AvgIpc) is 2.84. The van der Waals surface area contributed by atoms with E-state index >= 15 is 0 Å². The number of nitrogens with zero attached hydrogens (tertiary/aromatic N) is 3. The van der Waals surface area contributed by atoms with Crippen molar-refractivity contribution in [3.63, 3.8) is 0 Å². The lowest BCUT2D eigenvalue weighted by Crippen LogP contribution is -2.18. The van der Waals surface area contributed by atoms with Crippen LogP contribution in [-0.4, -0.2) is 29.4 Å². The molecule has 6 heteroatoms. The zero-order valence-corrected chi connectivity index (χ0v) is 12.1. The largest absolute Gasteiger partial charge is 0.461 e. The summed E-state index contributed by atoms with van der Waals surface area (Å²) < 4.78 is 6.36. The SMILES string of the molecule is [C-]#[N+]c1ccc(-c2nc(C)c(C(=O)OCC)n2OC)cc1. The molecule has 108 valence electrons. The Morgan fingerprint density at radius 1 is 1.38 bits per heavy atom. The zero-order valence-electron chi connectivity index (χ0n) is 12.1. The fourth-order valence-electron chi connectivity index (χ4n) is 1.98. The molecule has 0 aliphatic carbocycles. The van der Waals surface area contributed by atoms with Crippen LogP contribution in [0.5, 0.6) is 0 Å². The molecule has 0 saturated carbocycles. The molecule has 0 fully saturated rings. The fourth-order valence-corrected chi connectivity index (χ4v) is 1.98. The Morgan fingerprint density at radius 2 is 2.05 bits per heavy atom. The molecule has 1 heterocycles. The summed E-state index contributed by atoms with van der Waals surface area (Å²) in [6.45, 7) is 10.7. The van der Waals surface area contributed by atoms with E-state index in [1.807, 2.05) is 0 Å². The molecule has 0 aliphatic heterocycles. The number of ether oxygens (including phenoxy) is 1. The van der Waals surface area contributed by atoms with E-state index in [9.17, 15) is 4.79 Å². The number of imidazole rings is 1. The van der Waals surface area contributed by atoms with Gasteiger partial charge in [0.05, 0.1) is 18.9 Å². The van der Waals surface area contributed by atoms with Gasteiger partial charge in [0.2, 0.25) is 0 Å². The van der Waals surface area contributed by atoms with Crippen molar-refractivity contribution in [3.05, 3.63) is 47.1 Å².